The maximum atomic E-state index is 5.55. The minimum atomic E-state index is 0.507. The Morgan fingerprint density at radius 1 is 1.50 bits per heavy atom. The van der Waals surface area contributed by atoms with Crippen LogP contribution >= 0.6 is 0 Å². The molecule has 1 saturated carbocycles. The standard InChI is InChI=1S/C10H15NO/c11-6-5-10(3-4-10)8-9-2-1-7-12-9/h1-2,7H,3-6,8,11H2. The molecular formula is C10H15NO. The highest BCUT2D eigenvalue weighted by Crippen LogP contribution is 2.50. The number of hydrogen-bond acceptors (Lipinski definition) is 2. The summed E-state index contributed by atoms with van der Waals surface area (Å²) in [6.45, 7) is 0.806. The number of rotatable bonds is 4. The summed E-state index contributed by atoms with van der Waals surface area (Å²) < 4.78 is 5.31. The van der Waals surface area contributed by atoms with Gasteiger partial charge in [-0.25, -0.2) is 0 Å². The van der Waals surface area contributed by atoms with E-state index in [-0.39, 0.29) is 0 Å². The summed E-state index contributed by atoms with van der Waals surface area (Å²) in [5.74, 6) is 1.11. The molecule has 0 saturated heterocycles. The molecule has 1 fully saturated rings. The molecule has 0 spiro atoms. The van der Waals surface area contributed by atoms with Crippen molar-refractivity contribution >= 4 is 0 Å². The van der Waals surface area contributed by atoms with E-state index in [1.807, 2.05) is 6.07 Å². The zero-order valence-electron chi connectivity index (χ0n) is 7.25. The van der Waals surface area contributed by atoms with Crippen molar-refractivity contribution in [1.29, 1.82) is 0 Å². The predicted octanol–water partition coefficient (Wildman–Crippen LogP) is 1.95. The normalized spacial score (nSPS) is 19.4. The van der Waals surface area contributed by atoms with E-state index in [0.29, 0.717) is 5.41 Å². The van der Waals surface area contributed by atoms with Crippen LogP contribution < -0.4 is 5.73 Å². The van der Waals surface area contributed by atoms with Crippen molar-refractivity contribution in [2.45, 2.75) is 25.7 Å². The van der Waals surface area contributed by atoms with Crippen molar-refractivity contribution in [1.82, 2.24) is 0 Å². The summed E-state index contributed by atoms with van der Waals surface area (Å²) in [4.78, 5) is 0. The maximum Gasteiger partial charge on any atom is 0.104 e. The van der Waals surface area contributed by atoms with Crippen LogP contribution in [0.3, 0.4) is 0 Å². The molecule has 1 heterocycles. The molecule has 1 aliphatic rings. The molecule has 0 aliphatic heterocycles. The third kappa shape index (κ3) is 1.53. The number of furan rings is 1. The van der Waals surface area contributed by atoms with E-state index < -0.39 is 0 Å². The Kier molecular flexibility index (Phi) is 1.93. The monoisotopic (exact) mass is 165 g/mol. The molecule has 1 aliphatic carbocycles. The van der Waals surface area contributed by atoms with Gasteiger partial charge in [0.15, 0.2) is 0 Å². The summed E-state index contributed by atoms with van der Waals surface area (Å²) in [7, 11) is 0. The second-order valence-electron chi connectivity index (χ2n) is 3.79. The number of hydrogen-bond donors (Lipinski definition) is 1. The summed E-state index contributed by atoms with van der Waals surface area (Å²) in [5, 5.41) is 0. The topological polar surface area (TPSA) is 39.2 Å². The molecule has 0 aromatic carbocycles. The smallest absolute Gasteiger partial charge is 0.104 e. The summed E-state index contributed by atoms with van der Waals surface area (Å²) in [6.07, 6.45) is 6.62. The van der Waals surface area contributed by atoms with Crippen LogP contribution in [0.4, 0.5) is 0 Å². The van der Waals surface area contributed by atoms with Gasteiger partial charge in [-0.3, -0.25) is 0 Å². The Bertz CT molecular complexity index is 236. The fourth-order valence-corrected chi connectivity index (χ4v) is 1.78. The molecule has 0 radical (unpaired) electrons. The van der Waals surface area contributed by atoms with Gasteiger partial charge in [-0.2, -0.15) is 0 Å². The van der Waals surface area contributed by atoms with Crippen LogP contribution in [0, 0.1) is 5.41 Å². The molecule has 0 amide bonds. The van der Waals surface area contributed by atoms with Gasteiger partial charge in [-0.15, -0.1) is 0 Å². The van der Waals surface area contributed by atoms with Gasteiger partial charge >= 0.3 is 0 Å². The number of nitrogens with two attached hydrogens (primary N) is 1. The van der Waals surface area contributed by atoms with Crippen LogP contribution in [0.15, 0.2) is 22.8 Å². The molecule has 1 aromatic heterocycles. The molecule has 2 N–H and O–H groups in total. The quantitative estimate of drug-likeness (QED) is 0.740. The van der Waals surface area contributed by atoms with Crippen molar-refractivity contribution in [2.75, 3.05) is 6.54 Å². The Hall–Kier alpha value is -0.760. The largest absolute Gasteiger partial charge is 0.469 e. The first kappa shape index (κ1) is 7.87. The molecular weight excluding hydrogens is 150 g/mol. The summed E-state index contributed by atoms with van der Waals surface area (Å²) in [5.41, 5.74) is 6.06. The maximum absolute atomic E-state index is 5.55. The summed E-state index contributed by atoms with van der Waals surface area (Å²) in [6, 6.07) is 4.00. The predicted molar refractivity (Wildman–Crippen MR) is 47.8 cm³/mol. The van der Waals surface area contributed by atoms with Gasteiger partial charge in [0.05, 0.1) is 6.26 Å². The lowest BCUT2D eigenvalue weighted by atomic mass is 9.97. The Balaban J connectivity index is 1.94. The molecule has 66 valence electrons. The van der Waals surface area contributed by atoms with E-state index >= 15 is 0 Å². The molecule has 0 atom stereocenters. The van der Waals surface area contributed by atoms with Gasteiger partial charge < -0.3 is 10.2 Å². The fraction of sp³-hybridized carbons (Fsp3) is 0.600. The van der Waals surface area contributed by atoms with Crippen LogP contribution in [0.5, 0.6) is 0 Å². The van der Waals surface area contributed by atoms with E-state index in [1.165, 1.54) is 12.8 Å². The van der Waals surface area contributed by atoms with Gasteiger partial charge in [0, 0.05) is 6.42 Å². The lowest BCUT2D eigenvalue weighted by Crippen LogP contribution is -2.11. The van der Waals surface area contributed by atoms with Gasteiger partial charge in [0.2, 0.25) is 0 Å². The fourth-order valence-electron chi connectivity index (χ4n) is 1.78. The van der Waals surface area contributed by atoms with Crippen molar-refractivity contribution in [2.24, 2.45) is 11.1 Å². The minimum absolute atomic E-state index is 0.507. The van der Waals surface area contributed by atoms with Gasteiger partial charge in [-0.05, 0) is 43.4 Å². The molecule has 0 unspecified atom stereocenters. The SMILES string of the molecule is NCCC1(Cc2ccco2)CC1. The average Bonchev–Trinajstić information content (AvgIpc) is 2.63. The van der Waals surface area contributed by atoms with E-state index in [4.69, 9.17) is 10.2 Å². The highest BCUT2D eigenvalue weighted by Gasteiger charge is 2.42. The van der Waals surface area contributed by atoms with Gasteiger partial charge in [0.25, 0.3) is 0 Å². The highest BCUT2D eigenvalue weighted by atomic mass is 16.3. The zero-order valence-corrected chi connectivity index (χ0v) is 7.25. The molecule has 1 aromatic rings. The molecule has 2 nitrogen and oxygen atoms in total. The van der Waals surface area contributed by atoms with Crippen LogP contribution in [-0.4, -0.2) is 6.54 Å². The van der Waals surface area contributed by atoms with E-state index in [0.717, 1.165) is 25.1 Å². The minimum Gasteiger partial charge on any atom is -0.469 e. The first-order valence-corrected chi connectivity index (χ1v) is 4.57. The Labute approximate surface area is 72.7 Å². The Morgan fingerprint density at radius 2 is 2.33 bits per heavy atom. The van der Waals surface area contributed by atoms with Crippen molar-refractivity contribution in [3.8, 4) is 0 Å². The third-order valence-electron chi connectivity index (χ3n) is 2.76. The van der Waals surface area contributed by atoms with E-state index in [9.17, 15) is 0 Å². The molecule has 12 heavy (non-hydrogen) atoms. The van der Waals surface area contributed by atoms with Crippen LogP contribution in [0.1, 0.15) is 25.0 Å². The Morgan fingerprint density at radius 3 is 2.83 bits per heavy atom. The first-order chi connectivity index (χ1) is 5.85. The van der Waals surface area contributed by atoms with Crippen molar-refractivity contribution in [3.05, 3.63) is 24.2 Å². The van der Waals surface area contributed by atoms with Crippen molar-refractivity contribution in [3.63, 3.8) is 0 Å². The first-order valence-electron chi connectivity index (χ1n) is 4.57. The summed E-state index contributed by atoms with van der Waals surface area (Å²) >= 11 is 0. The van der Waals surface area contributed by atoms with E-state index in [2.05, 4.69) is 6.07 Å². The average molecular weight is 165 g/mol. The van der Waals surface area contributed by atoms with Gasteiger partial charge in [-0.1, -0.05) is 0 Å². The zero-order chi connectivity index (χ0) is 8.44. The molecule has 2 rings (SSSR count). The van der Waals surface area contributed by atoms with Gasteiger partial charge in [0.1, 0.15) is 5.76 Å². The van der Waals surface area contributed by atoms with E-state index in [1.54, 1.807) is 6.26 Å². The second kappa shape index (κ2) is 2.94. The highest BCUT2D eigenvalue weighted by molar-refractivity contribution is 5.07. The molecule has 2 heteroatoms. The lowest BCUT2D eigenvalue weighted by Gasteiger charge is -2.10. The van der Waals surface area contributed by atoms with Crippen LogP contribution in [0.25, 0.3) is 0 Å². The lowest BCUT2D eigenvalue weighted by molar-refractivity contribution is 0.406. The second-order valence-corrected chi connectivity index (χ2v) is 3.79. The third-order valence-corrected chi connectivity index (χ3v) is 2.76. The molecule has 0 bridgehead atoms. The van der Waals surface area contributed by atoms with Crippen LogP contribution in [0.2, 0.25) is 0 Å². The van der Waals surface area contributed by atoms with Crippen molar-refractivity contribution < 1.29 is 4.42 Å². The van der Waals surface area contributed by atoms with Crippen LogP contribution in [-0.2, 0) is 6.42 Å².